The van der Waals surface area contributed by atoms with Gasteiger partial charge in [-0.1, -0.05) is 53.0 Å². The Morgan fingerprint density at radius 3 is 2.62 bits per heavy atom. The normalized spacial score (nSPS) is 49.4. The number of ketones is 1. The number of fused-ring (bicyclic) bond motifs is 5. The third kappa shape index (κ3) is 4.63. The fourth-order valence-corrected chi connectivity index (χ4v) is 16.2. The molecule has 5 saturated heterocycles. The van der Waals surface area contributed by atoms with Crippen molar-refractivity contribution in [2.75, 3.05) is 19.8 Å². The number of aliphatic hydroxyl groups excluding tert-OH is 1. The number of ether oxygens (including phenoxy) is 4. The smallest absolute Gasteiger partial charge is 0.339 e. The summed E-state index contributed by atoms with van der Waals surface area (Å²) >= 11 is 0. The summed E-state index contributed by atoms with van der Waals surface area (Å²) in [5.41, 5.74) is -4.81. The largest absolute Gasteiger partial charge is 0.469 e. The number of hydrogen-bond donors (Lipinski definition) is 2. The van der Waals surface area contributed by atoms with Gasteiger partial charge in [-0.15, -0.1) is 0 Å². The Kier molecular flexibility index (Phi) is 8.34. The Hall–Kier alpha value is -2.73. The van der Waals surface area contributed by atoms with Crippen molar-refractivity contribution in [1.29, 1.82) is 0 Å². The maximum absolute atomic E-state index is 15.4. The zero-order valence-corrected chi connectivity index (χ0v) is 35.1. The second-order valence-electron chi connectivity index (χ2n) is 21.8. The average molecular weight is 801 g/mol. The van der Waals surface area contributed by atoms with Crippen molar-refractivity contribution in [2.45, 2.75) is 160 Å². The molecule has 2 N–H and O–H groups in total. The fraction of sp³-hybridized carbons (Fsp3) is 0.809. The molecule has 1 aromatic heterocycles. The van der Waals surface area contributed by atoms with E-state index in [9.17, 15) is 14.7 Å². The molecule has 7 heterocycles. The van der Waals surface area contributed by atoms with Gasteiger partial charge in [0.15, 0.2) is 11.9 Å². The lowest BCUT2D eigenvalue weighted by molar-refractivity contribution is -0.264. The summed E-state index contributed by atoms with van der Waals surface area (Å²) < 4.78 is 33.2. The predicted octanol–water partition coefficient (Wildman–Crippen LogP) is 6.42. The topological polar surface area (TPSA) is 140 Å². The number of nitrogens with one attached hydrogen (secondary N) is 1. The van der Waals surface area contributed by atoms with E-state index in [1.165, 1.54) is 19.3 Å². The minimum atomic E-state index is -1.40. The second kappa shape index (κ2) is 12.7. The Morgan fingerprint density at radius 2 is 1.83 bits per heavy atom. The summed E-state index contributed by atoms with van der Waals surface area (Å²) in [6.07, 6.45) is 14.3. The molecular formula is C47H64N2O9. The number of furan rings is 1. The molecular weight excluding hydrogens is 737 g/mol. The third-order valence-electron chi connectivity index (χ3n) is 18.8. The van der Waals surface area contributed by atoms with Gasteiger partial charge >= 0.3 is 11.9 Å². The molecule has 316 valence electrons. The lowest BCUT2D eigenvalue weighted by atomic mass is 9.35. The van der Waals surface area contributed by atoms with E-state index >= 15 is 4.79 Å². The highest BCUT2D eigenvalue weighted by Crippen LogP contribution is 2.81. The predicted molar refractivity (Wildman–Crippen MR) is 211 cm³/mol. The molecule has 11 nitrogen and oxygen atoms in total. The number of nitrogens with zero attached hydrogens (tertiary/aromatic N) is 1. The Bertz CT molecular complexity index is 1920. The van der Waals surface area contributed by atoms with Gasteiger partial charge in [-0.25, -0.2) is 4.79 Å². The molecule has 0 bridgehead atoms. The van der Waals surface area contributed by atoms with Crippen LogP contribution in [-0.2, 0) is 39.8 Å². The molecule has 0 amide bonds. The number of aryl methyl sites for hydroxylation is 1. The zero-order chi connectivity index (χ0) is 40.2. The highest BCUT2D eigenvalue weighted by atomic mass is 16.7. The van der Waals surface area contributed by atoms with Crippen molar-refractivity contribution in [3.8, 4) is 0 Å². The second-order valence-corrected chi connectivity index (χ2v) is 21.8. The number of Topliss-reactive ketones (excluding diaryl/α,β-unsaturated/α-hetero) is 1. The molecule has 11 rings (SSSR count). The lowest BCUT2D eigenvalue weighted by Crippen LogP contribution is -2.77. The molecule has 15 atom stereocenters. The van der Waals surface area contributed by atoms with Crippen LogP contribution in [0.3, 0.4) is 0 Å². The SMILES string of the molecule is CC(C)CC[C@]1(C)O[C@H]2C3(CCCC3)C(=O)OC[C@]23[C@H]2CC[C@@]4(C)[C@H](c5ccoc5CC[C@H]5CC[C@H]6[C@H](C=CN7CNC[C@@H]67)C5)OC(=O)[C@H]5O[C@]54[C@]2(C)[C@H](O)C(=O)[C@@H]31. The molecule has 58 heavy (non-hydrogen) atoms. The van der Waals surface area contributed by atoms with Crippen LogP contribution < -0.4 is 5.32 Å². The maximum Gasteiger partial charge on any atom is 0.339 e. The fourth-order valence-electron chi connectivity index (χ4n) is 16.2. The van der Waals surface area contributed by atoms with Crippen LogP contribution >= 0.6 is 0 Å². The Balaban J connectivity index is 0.931. The number of rotatable bonds is 7. The van der Waals surface area contributed by atoms with Crippen LogP contribution in [0.4, 0.5) is 0 Å². The van der Waals surface area contributed by atoms with Gasteiger partial charge in [0.05, 0.1) is 36.0 Å². The van der Waals surface area contributed by atoms with E-state index in [1.54, 1.807) is 6.26 Å². The number of esters is 2. The molecule has 0 unspecified atom stereocenters. The van der Waals surface area contributed by atoms with Crippen LogP contribution in [-0.4, -0.2) is 83.1 Å². The van der Waals surface area contributed by atoms with E-state index in [4.69, 9.17) is 23.4 Å². The van der Waals surface area contributed by atoms with Gasteiger partial charge in [0.1, 0.15) is 30.2 Å². The van der Waals surface area contributed by atoms with Gasteiger partial charge in [0.2, 0.25) is 0 Å². The standard InChI is InChI=1S/C47H64N2O9/c1-26(2)12-19-43(4)35-34(50)36(51)44(5)33(46(35)24-55-41(53)45(40(46)58-43)16-6-7-17-45)13-18-42(3)37(56-39(52)38-47(42,44)57-38)30-15-21-54-32(30)11-9-27-8-10-29-28(22-27)14-20-49-25-48-23-31(29)49/h14-15,20-21,26-29,31,33,35-38,40,48,51H,6-13,16-19,22-25H2,1-5H3/t27-,28-,29+,31+,33+,35-,36-,37+,38-,40+,42+,43+,44+,46-,47-/m1/s1. The first-order chi connectivity index (χ1) is 27.7. The minimum absolute atomic E-state index is 0.0739. The summed E-state index contributed by atoms with van der Waals surface area (Å²) in [7, 11) is 0. The molecule has 10 aliphatic rings. The van der Waals surface area contributed by atoms with Crippen molar-refractivity contribution in [3.63, 3.8) is 0 Å². The van der Waals surface area contributed by atoms with Crippen LogP contribution in [0, 0.1) is 57.2 Å². The molecule has 4 saturated carbocycles. The van der Waals surface area contributed by atoms with Crippen molar-refractivity contribution in [2.24, 2.45) is 57.2 Å². The first kappa shape index (κ1) is 38.2. The maximum atomic E-state index is 15.4. The molecule has 1 aromatic rings. The van der Waals surface area contributed by atoms with Gasteiger partial charge in [-0.2, -0.15) is 0 Å². The van der Waals surface area contributed by atoms with E-state index in [2.05, 4.69) is 50.2 Å². The number of carbonyl (C=O) groups is 3. The quantitative estimate of drug-likeness (QED) is 0.233. The highest BCUT2D eigenvalue weighted by Gasteiger charge is 2.91. The Labute approximate surface area is 342 Å². The zero-order valence-electron chi connectivity index (χ0n) is 35.1. The monoisotopic (exact) mass is 800 g/mol. The van der Waals surface area contributed by atoms with Crippen molar-refractivity contribution < 1.29 is 42.9 Å². The number of carbonyl (C=O) groups excluding carboxylic acids is 3. The first-order valence-electron chi connectivity index (χ1n) is 22.9. The number of allylic oxidation sites excluding steroid dienone is 1. The first-order valence-corrected chi connectivity index (χ1v) is 22.9. The van der Waals surface area contributed by atoms with E-state index in [-0.39, 0.29) is 24.3 Å². The van der Waals surface area contributed by atoms with Crippen LogP contribution in [0.1, 0.15) is 129 Å². The molecule has 11 heteroatoms. The lowest BCUT2D eigenvalue weighted by Gasteiger charge is -2.67. The van der Waals surface area contributed by atoms with Crippen LogP contribution in [0.15, 0.2) is 29.0 Å². The molecule has 0 radical (unpaired) electrons. The van der Waals surface area contributed by atoms with Crippen LogP contribution in [0.5, 0.6) is 0 Å². The van der Waals surface area contributed by atoms with E-state index in [1.807, 2.05) is 13.0 Å². The average Bonchev–Trinajstić information content (AvgIpc) is 3.64. The van der Waals surface area contributed by atoms with E-state index < -0.39 is 69.2 Å². The van der Waals surface area contributed by atoms with E-state index in [0.29, 0.717) is 61.8 Å². The van der Waals surface area contributed by atoms with E-state index in [0.717, 1.165) is 56.6 Å². The van der Waals surface area contributed by atoms with Gasteiger partial charge in [-0.3, -0.25) is 14.9 Å². The van der Waals surface area contributed by atoms with Crippen LogP contribution in [0.2, 0.25) is 0 Å². The molecule has 0 aromatic carbocycles. The number of aliphatic hydroxyl groups is 1. The van der Waals surface area contributed by atoms with Crippen LogP contribution in [0.25, 0.3) is 0 Å². The van der Waals surface area contributed by atoms with Gasteiger partial charge in [0, 0.05) is 40.8 Å². The minimum Gasteiger partial charge on any atom is -0.469 e. The third-order valence-corrected chi connectivity index (χ3v) is 18.8. The summed E-state index contributed by atoms with van der Waals surface area (Å²) in [5, 5.41) is 16.3. The summed E-state index contributed by atoms with van der Waals surface area (Å²) in [5.74, 6) is 1.26. The van der Waals surface area contributed by atoms with Gasteiger partial charge in [-0.05, 0) is 107 Å². The van der Waals surface area contributed by atoms with Gasteiger partial charge in [0.25, 0.3) is 0 Å². The Morgan fingerprint density at radius 1 is 1.02 bits per heavy atom. The highest BCUT2D eigenvalue weighted by molar-refractivity contribution is 5.92. The number of hydrogen-bond acceptors (Lipinski definition) is 11. The summed E-state index contributed by atoms with van der Waals surface area (Å²) in [6, 6.07) is 2.57. The molecule has 9 fully saturated rings. The number of cyclic esters (lactones) is 2. The summed E-state index contributed by atoms with van der Waals surface area (Å²) in [6.45, 7) is 12.7. The molecule has 4 aliphatic carbocycles. The van der Waals surface area contributed by atoms with Crippen molar-refractivity contribution in [1.82, 2.24) is 10.2 Å². The molecule has 6 aliphatic heterocycles. The van der Waals surface area contributed by atoms with Gasteiger partial charge < -0.3 is 33.4 Å². The summed E-state index contributed by atoms with van der Waals surface area (Å²) in [4.78, 5) is 46.1. The van der Waals surface area contributed by atoms with Crippen molar-refractivity contribution in [3.05, 3.63) is 35.9 Å². The number of epoxide rings is 1. The molecule has 3 spiro atoms. The van der Waals surface area contributed by atoms with Crippen molar-refractivity contribution >= 4 is 17.7 Å².